The van der Waals surface area contributed by atoms with E-state index in [4.69, 9.17) is 0 Å². The van der Waals surface area contributed by atoms with Crippen molar-refractivity contribution in [1.29, 1.82) is 0 Å². The third-order valence-corrected chi connectivity index (χ3v) is 3.38. The van der Waals surface area contributed by atoms with E-state index in [-0.39, 0.29) is 0 Å². The van der Waals surface area contributed by atoms with Gasteiger partial charge in [0.05, 0.1) is 0 Å². The Morgan fingerprint density at radius 1 is 1.08 bits per heavy atom. The van der Waals surface area contributed by atoms with Crippen molar-refractivity contribution in [2.75, 3.05) is 0 Å². The Labute approximate surface area is 76.8 Å². The lowest BCUT2D eigenvalue weighted by Gasteiger charge is -1.99. The first-order valence-corrected chi connectivity index (χ1v) is 4.96. The summed E-state index contributed by atoms with van der Waals surface area (Å²) < 4.78 is 1.41. The molecule has 0 amide bonds. The molecule has 0 aliphatic carbocycles. The number of hydrogen-bond acceptors (Lipinski definition) is 1. The summed E-state index contributed by atoms with van der Waals surface area (Å²) in [6, 6.07) is 6.70. The van der Waals surface area contributed by atoms with Crippen molar-refractivity contribution in [2.45, 2.75) is 20.8 Å². The summed E-state index contributed by atoms with van der Waals surface area (Å²) in [7, 11) is 0. The molecule has 12 heavy (non-hydrogen) atoms. The van der Waals surface area contributed by atoms with Crippen molar-refractivity contribution in [3.63, 3.8) is 0 Å². The molecule has 0 spiro atoms. The first-order chi connectivity index (χ1) is 5.68. The van der Waals surface area contributed by atoms with E-state index in [1.165, 1.54) is 26.1 Å². The van der Waals surface area contributed by atoms with Gasteiger partial charge in [0.25, 0.3) is 0 Å². The lowest BCUT2D eigenvalue weighted by atomic mass is 10.1. The van der Waals surface area contributed by atoms with Gasteiger partial charge in [0.2, 0.25) is 0 Å². The molecule has 0 unspecified atom stereocenters. The fraction of sp³-hybridized carbons (Fsp3) is 0.273. The van der Waals surface area contributed by atoms with Crippen LogP contribution in [-0.4, -0.2) is 0 Å². The van der Waals surface area contributed by atoms with Crippen LogP contribution >= 0.6 is 11.3 Å². The second-order valence-electron chi connectivity index (χ2n) is 3.28. The Kier molecular flexibility index (Phi) is 1.69. The number of aryl methyl sites for hydroxylation is 3. The van der Waals surface area contributed by atoms with Crippen molar-refractivity contribution < 1.29 is 0 Å². The van der Waals surface area contributed by atoms with Crippen LogP contribution in [0, 0.1) is 20.8 Å². The molecular formula is C11H12S. The Morgan fingerprint density at radius 2 is 1.83 bits per heavy atom. The maximum absolute atomic E-state index is 2.28. The normalized spacial score (nSPS) is 10.9. The Bertz CT molecular complexity index is 424. The van der Waals surface area contributed by atoms with Crippen molar-refractivity contribution in [2.24, 2.45) is 0 Å². The molecule has 0 atom stereocenters. The highest BCUT2D eigenvalue weighted by molar-refractivity contribution is 7.19. The zero-order chi connectivity index (χ0) is 8.72. The van der Waals surface area contributed by atoms with Crippen molar-refractivity contribution in [3.8, 4) is 0 Å². The Balaban J connectivity index is 2.89. The molecule has 0 saturated heterocycles. The quantitative estimate of drug-likeness (QED) is 0.572. The zero-order valence-corrected chi connectivity index (χ0v) is 8.46. The van der Waals surface area contributed by atoms with E-state index in [9.17, 15) is 0 Å². The van der Waals surface area contributed by atoms with Crippen LogP contribution in [0.2, 0.25) is 0 Å². The Hall–Kier alpha value is -0.820. The molecule has 0 bridgehead atoms. The van der Waals surface area contributed by atoms with Gasteiger partial charge in [0.1, 0.15) is 0 Å². The molecule has 1 heterocycles. The fourth-order valence-electron chi connectivity index (χ4n) is 1.49. The number of thiophene rings is 1. The maximum Gasteiger partial charge on any atom is 0.0348 e. The van der Waals surface area contributed by atoms with Crippen LogP contribution in [0.4, 0.5) is 0 Å². The average Bonchev–Trinajstić information content (AvgIpc) is 2.39. The smallest absolute Gasteiger partial charge is 0.0348 e. The molecular weight excluding hydrogens is 164 g/mol. The minimum absolute atomic E-state index is 1.39. The van der Waals surface area contributed by atoms with Crippen molar-refractivity contribution in [1.82, 2.24) is 0 Å². The number of rotatable bonds is 0. The van der Waals surface area contributed by atoms with Gasteiger partial charge in [-0.2, -0.15) is 0 Å². The predicted octanol–water partition coefficient (Wildman–Crippen LogP) is 3.83. The molecule has 1 heteroatoms. The summed E-state index contributed by atoms with van der Waals surface area (Å²) in [5, 5.41) is 1.43. The van der Waals surface area contributed by atoms with Crippen LogP contribution in [0.15, 0.2) is 18.2 Å². The molecule has 0 N–H and O–H groups in total. The summed E-state index contributed by atoms with van der Waals surface area (Å²) in [5.41, 5.74) is 2.82. The average molecular weight is 176 g/mol. The van der Waals surface area contributed by atoms with Gasteiger partial charge >= 0.3 is 0 Å². The monoisotopic (exact) mass is 176 g/mol. The highest BCUT2D eigenvalue weighted by atomic mass is 32.1. The van der Waals surface area contributed by atoms with Gasteiger partial charge in [-0.15, -0.1) is 11.3 Å². The van der Waals surface area contributed by atoms with E-state index in [1.54, 1.807) is 0 Å². The molecule has 1 aromatic carbocycles. The molecule has 0 fully saturated rings. The molecule has 1 aromatic heterocycles. The highest BCUT2D eigenvalue weighted by Crippen LogP contribution is 2.28. The SMILES string of the molecule is Cc1cc2c(C)c(C)ccc2s1. The number of benzene rings is 1. The third-order valence-electron chi connectivity index (χ3n) is 2.36. The summed E-state index contributed by atoms with van der Waals surface area (Å²) in [6.45, 7) is 6.53. The van der Waals surface area contributed by atoms with Crippen LogP contribution in [0.1, 0.15) is 16.0 Å². The molecule has 0 radical (unpaired) electrons. The summed E-state index contributed by atoms with van der Waals surface area (Å²) >= 11 is 1.87. The highest BCUT2D eigenvalue weighted by Gasteiger charge is 2.02. The van der Waals surface area contributed by atoms with E-state index >= 15 is 0 Å². The molecule has 0 saturated carbocycles. The van der Waals surface area contributed by atoms with Gasteiger partial charge in [-0.3, -0.25) is 0 Å². The van der Waals surface area contributed by atoms with Gasteiger partial charge in [-0.25, -0.2) is 0 Å². The third kappa shape index (κ3) is 1.05. The van der Waals surface area contributed by atoms with Crippen LogP contribution in [0.25, 0.3) is 10.1 Å². The summed E-state index contributed by atoms with van der Waals surface area (Å²) in [6.07, 6.45) is 0. The Morgan fingerprint density at radius 3 is 2.58 bits per heavy atom. The minimum atomic E-state index is 1.39. The van der Waals surface area contributed by atoms with Gasteiger partial charge < -0.3 is 0 Å². The van der Waals surface area contributed by atoms with E-state index in [1.807, 2.05) is 11.3 Å². The van der Waals surface area contributed by atoms with E-state index in [0.29, 0.717) is 0 Å². The van der Waals surface area contributed by atoms with Crippen LogP contribution in [0.3, 0.4) is 0 Å². The van der Waals surface area contributed by atoms with Crippen LogP contribution < -0.4 is 0 Å². The minimum Gasteiger partial charge on any atom is -0.141 e. The molecule has 0 aliphatic heterocycles. The van der Waals surface area contributed by atoms with E-state index in [2.05, 4.69) is 39.0 Å². The largest absolute Gasteiger partial charge is 0.141 e. The topological polar surface area (TPSA) is 0 Å². The van der Waals surface area contributed by atoms with Gasteiger partial charge in [0.15, 0.2) is 0 Å². The molecule has 0 aliphatic rings. The number of hydrogen-bond donors (Lipinski definition) is 0. The lowest BCUT2D eigenvalue weighted by molar-refractivity contribution is 1.38. The van der Waals surface area contributed by atoms with Crippen LogP contribution in [0.5, 0.6) is 0 Å². The molecule has 2 aromatic rings. The fourth-order valence-corrected chi connectivity index (χ4v) is 2.47. The first-order valence-electron chi connectivity index (χ1n) is 4.15. The number of fused-ring (bicyclic) bond motifs is 1. The summed E-state index contributed by atoms with van der Waals surface area (Å²) in [5.74, 6) is 0. The van der Waals surface area contributed by atoms with E-state index < -0.39 is 0 Å². The maximum atomic E-state index is 2.28. The van der Waals surface area contributed by atoms with Crippen molar-refractivity contribution in [3.05, 3.63) is 34.2 Å². The van der Waals surface area contributed by atoms with Gasteiger partial charge in [-0.1, -0.05) is 6.07 Å². The van der Waals surface area contributed by atoms with Gasteiger partial charge in [-0.05, 0) is 49.4 Å². The molecule has 0 nitrogen and oxygen atoms in total. The second-order valence-corrected chi connectivity index (χ2v) is 4.56. The first kappa shape index (κ1) is 7.81. The lowest BCUT2D eigenvalue weighted by Crippen LogP contribution is -1.78. The van der Waals surface area contributed by atoms with E-state index in [0.717, 1.165) is 0 Å². The zero-order valence-electron chi connectivity index (χ0n) is 7.64. The second kappa shape index (κ2) is 2.60. The summed E-state index contributed by atoms with van der Waals surface area (Å²) in [4.78, 5) is 1.40. The standard InChI is InChI=1S/C11H12S/c1-7-4-5-11-10(9(7)3)6-8(2)12-11/h4-6H,1-3H3. The molecule has 62 valence electrons. The van der Waals surface area contributed by atoms with Crippen LogP contribution in [-0.2, 0) is 0 Å². The molecule has 2 rings (SSSR count). The van der Waals surface area contributed by atoms with Crippen molar-refractivity contribution >= 4 is 21.4 Å². The predicted molar refractivity (Wildman–Crippen MR) is 56.0 cm³/mol. The van der Waals surface area contributed by atoms with Gasteiger partial charge in [0, 0.05) is 9.58 Å².